The number of ether oxygens (including phenoxy) is 1. The standard InChI is InChI=1S/C20H32N4O3S/c1-6-27-19(26)16-10-13(3)24(15(16)5)11-18(25)22-23-20(28)21-17-9-7-8-12(2)14(17)4/h10,12,14,17H,6-9,11H2,1-5H3,(H,22,25)(H2,21,23,28)/t12-,14-,17-/m0/s1. The van der Waals surface area contributed by atoms with Crippen LogP contribution in [0, 0.1) is 25.7 Å². The SMILES string of the molecule is CCOC(=O)c1cc(C)n(CC(=O)NNC(=S)N[C@H]2CCC[C@H](C)[C@@H]2C)c1C. The number of nitrogens with zero attached hydrogens (tertiary/aromatic N) is 1. The molecule has 1 fully saturated rings. The van der Waals surface area contributed by atoms with Crippen LogP contribution in [0.15, 0.2) is 6.07 Å². The van der Waals surface area contributed by atoms with Crippen LogP contribution in [0.1, 0.15) is 61.8 Å². The lowest BCUT2D eigenvalue weighted by Crippen LogP contribution is -2.53. The third-order valence-corrected chi connectivity index (χ3v) is 5.93. The first kappa shape index (κ1) is 22.2. The highest BCUT2D eigenvalue weighted by Gasteiger charge is 2.27. The van der Waals surface area contributed by atoms with Crippen molar-refractivity contribution >= 4 is 29.2 Å². The molecule has 0 spiro atoms. The molecular weight excluding hydrogens is 376 g/mol. The quantitative estimate of drug-likeness (QED) is 0.395. The van der Waals surface area contributed by atoms with Gasteiger partial charge in [-0.15, -0.1) is 0 Å². The second kappa shape index (κ2) is 9.91. The minimum absolute atomic E-state index is 0.0869. The number of nitrogens with one attached hydrogen (secondary N) is 3. The van der Waals surface area contributed by atoms with Gasteiger partial charge in [-0.1, -0.05) is 26.7 Å². The van der Waals surface area contributed by atoms with Crippen molar-refractivity contribution in [3.05, 3.63) is 23.0 Å². The van der Waals surface area contributed by atoms with E-state index in [-0.39, 0.29) is 18.4 Å². The lowest BCUT2D eigenvalue weighted by Gasteiger charge is -2.35. The molecule has 1 aliphatic carbocycles. The summed E-state index contributed by atoms with van der Waals surface area (Å²) in [5.41, 5.74) is 7.44. The van der Waals surface area contributed by atoms with E-state index < -0.39 is 0 Å². The van der Waals surface area contributed by atoms with Crippen LogP contribution >= 0.6 is 12.2 Å². The summed E-state index contributed by atoms with van der Waals surface area (Å²) in [6, 6.07) is 2.06. The van der Waals surface area contributed by atoms with Gasteiger partial charge in [0, 0.05) is 17.4 Å². The van der Waals surface area contributed by atoms with Gasteiger partial charge < -0.3 is 14.6 Å². The van der Waals surface area contributed by atoms with Crippen LogP contribution in [-0.4, -0.2) is 34.2 Å². The Balaban J connectivity index is 1.87. The highest BCUT2D eigenvalue weighted by Crippen LogP contribution is 2.29. The van der Waals surface area contributed by atoms with Crippen molar-refractivity contribution in [3.63, 3.8) is 0 Å². The van der Waals surface area contributed by atoms with E-state index in [2.05, 4.69) is 30.0 Å². The maximum absolute atomic E-state index is 12.3. The molecule has 1 aromatic rings. The van der Waals surface area contributed by atoms with E-state index in [1.54, 1.807) is 24.5 Å². The van der Waals surface area contributed by atoms with E-state index in [9.17, 15) is 9.59 Å². The van der Waals surface area contributed by atoms with Crippen LogP contribution in [-0.2, 0) is 16.1 Å². The number of hydrogen-bond donors (Lipinski definition) is 3. The summed E-state index contributed by atoms with van der Waals surface area (Å²) in [4.78, 5) is 24.3. The van der Waals surface area contributed by atoms with Gasteiger partial charge in [0.1, 0.15) is 6.54 Å². The Morgan fingerprint density at radius 2 is 1.96 bits per heavy atom. The number of carbonyl (C=O) groups excluding carboxylic acids is 2. The number of aromatic nitrogens is 1. The number of amides is 1. The number of rotatable bonds is 5. The Labute approximate surface area is 172 Å². The second-order valence-electron chi connectivity index (χ2n) is 7.61. The Bertz CT molecular complexity index is 731. The van der Waals surface area contributed by atoms with E-state index in [4.69, 9.17) is 17.0 Å². The minimum atomic E-state index is -0.374. The molecule has 1 heterocycles. The number of aryl methyl sites for hydroxylation is 1. The second-order valence-corrected chi connectivity index (χ2v) is 8.02. The van der Waals surface area contributed by atoms with Gasteiger partial charge in [-0.25, -0.2) is 4.79 Å². The third-order valence-electron chi connectivity index (χ3n) is 5.71. The number of thiocarbonyl (C=S) groups is 1. The summed E-state index contributed by atoms with van der Waals surface area (Å²) in [6.07, 6.45) is 3.52. The molecule has 8 heteroatoms. The molecule has 0 saturated heterocycles. The van der Waals surface area contributed by atoms with Gasteiger partial charge in [0.05, 0.1) is 12.2 Å². The topological polar surface area (TPSA) is 84.4 Å². The van der Waals surface area contributed by atoms with Crippen LogP contribution in [0.3, 0.4) is 0 Å². The number of hydrogen-bond acceptors (Lipinski definition) is 4. The third kappa shape index (κ3) is 5.47. The summed E-state index contributed by atoms with van der Waals surface area (Å²) in [7, 11) is 0. The maximum atomic E-state index is 12.3. The molecule has 1 amide bonds. The van der Waals surface area contributed by atoms with Crippen LogP contribution < -0.4 is 16.2 Å². The molecule has 1 aromatic heterocycles. The van der Waals surface area contributed by atoms with Gasteiger partial charge in [0.25, 0.3) is 5.91 Å². The molecule has 3 N–H and O–H groups in total. The molecule has 0 aliphatic heterocycles. The van der Waals surface area contributed by atoms with E-state index in [0.29, 0.717) is 40.9 Å². The highest BCUT2D eigenvalue weighted by molar-refractivity contribution is 7.80. The van der Waals surface area contributed by atoms with Crippen LogP contribution in [0.4, 0.5) is 0 Å². The molecule has 28 heavy (non-hydrogen) atoms. The largest absolute Gasteiger partial charge is 0.462 e. The lowest BCUT2D eigenvalue weighted by atomic mass is 9.78. The number of esters is 1. The van der Waals surface area contributed by atoms with Crippen molar-refractivity contribution in [2.75, 3.05) is 6.61 Å². The zero-order valence-corrected chi connectivity index (χ0v) is 18.2. The van der Waals surface area contributed by atoms with Gasteiger partial charge >= 0.3 is 5.97 Å². The summed E-state index contributed by atoms with van der Waals surface area (Å²) < 4.78 is 6.84. The Hall–Kier alpha value is -2.09. The predicted octanol–water partition coefficient (Wildman–Crippen LogP) is 2.60. The van der Waals surface area contributed by atoms with Crippen molar-refractivity contribution in [1.29, 1.82) is 0 Å². The number of hydrazine groups is 1. The molecule has 2 rings (SSSR count). The maximum Gasteiger partial charge on any atom is 0.339 e. The molecule has 1 saturated carbocycles. The Morgan fingerprint density at radius 1 is 1.25 bits per heavy atom. The fourth-order valence-electron chi connectivity index (χ4n) is 3.76. The highest BCUT2D eigenvalue weighted by atomic mass is 32.1. The zero-order chi connectivity index (χ0) is 20.8. The Kier molecular flexibility index (Phi) is 7.86. The van der Waals surface area contributed by atoms with Crippen molar-refractivity contribution in [1.82, 2.24) is 20.7 Å². The first-order valence-corrected chi connectivity index (χ1v) is 10.3. The summed E-state index contributed by atoms with van der Waals surface area (Å²) in [5.74, 6) is 0.584. The van der Waals surface area contributed by atoms with Gasteiger partial charge in [-0.2, -0.15) is 0 Å². The Morgan fingerprint density at radius 3 is 2.64 bits per heavy atom. The molecule has 0 aromatic carbocycles. The van der Waals surface area contributed by atoms with E-state index in [0.717, 1.165) is 12.1 Å². The van der Waals surface area contributed by atoms with Gasteiger partial charge in [0.2, 0.25) is 0 Å². The molecular formula is C20H32N4O3S. The van der Waals surface area contributed by atoms with E-state index >= 15 is 0 Å². The zero-order valence-electron chi connectivity index (χ0n) is 17.4. The molecule has 3 atom stereocenters. The van der Waals surface area contributed by atoms with Gasteiger partial charge in [0.15, 0.2) is 5.11 Å². The van der Waals surface area contributed by atoms with E-state index in [1.165, 1.54) is 12.8 Å². The van der Waals surface area contributed by atoms with Crippen molar-refractivity contribution in [3.8, 4) is 0 Å². The molecule has 0 unspecified atom stereocenters. The van der Waals surface area contributed by atoms with Gasteiger partial charge in [-0.05, 0) is 57.3 Å². The van der Waals surface area contributed by atoms with Crippen molar-refractivity contribution < 1.29 is 14.3 Å². The summed E-state index contributed by atoms with van der Waals surface area (Å²) >= 11 is 5.32. The molecule has 0 bridgehead atoms. The average molecular weight is 409 g/mol. The minimum Gasteiger partial charge on any atom is -0.462 e. The summed E-state index contributed by atoms with van der Waals surface area (Å²) in [5, 5.41) is 3.74. The molecule has 1 aliphatic rings. The normalized spacial score (nSPS) is 21.7. The van der Waals surface area contributed by atoms with Crippen LogP contribution in [0.25, 0.3) is 0 Å². The van der Waals surface area contributed by atoms with E-state index in [1.807, 2.05) is 6.92 Å². The summed E-state index contributed by atoms with van der Waals surface area (Å²) in [6.45, 7) is 10.3. The monoisotopic (exact) mass is 408 g/mol. The molecule has 7 nitrogen and oxygen atoms in total. The van der Waals surface area contributed by atoms with Crippen molar-refractivity contribution in [2.24, 2.45) is 11.8 Å². The van der Waals surface area contributed by atoms with Gasteiger partial charge in [-0.3, -0.25) is 15.6 Å². The van der Waals surface area contributed by atoms with Crippen LogP contribution in [0.2, 0.25) is 0 Å². The predicted molar refractivity (Wildman–Crippen MR) is 113 cm³/mol. The average Bonchev–Trinajstić information content (AvgIpc) is 2.92. The fraction of sp³-hybridized carbons (Fsp3) is 0.650. The van der Waals surface area contributed by atoms with Crippen molar-refractivity contribution in [2.45, 2.75) is 66.5 Å². The first-order valence-electron chi connectivity index (χ1n) is 9.93. The fourth-order valence-corrected chi connectivity index (χ4v) is 3.96. The molecule has 156 valence electrons. The number of carbonyl (C=O) groups is 2. The smallest absolute Gasteiger partial charge is 0.339 e. The lowest BCUT2D eigenvalue weighted by molar-refractivity contribution is -0.122. The van der Waals surface area contributed by atoms with Crippen LogP contribution in [0.5, 0.6) is 0 Å². The first-order chi connectivity index (χ1) is 13.2. The molecule has 0 radical (unpaired) electrons.